The molecule has 60 valence electrons. The highest BCUT2D eigenvalue weighted by atomic mass is 16.3. The zero-order chi connectivity index (χ0) is 8.39. The lowest BCUT2D eigenvalue weighted by Gasteiger charge is -1.90. The van der Waals surface area contributed by atoms with Crippen LogP contribution in [-0.4, -0.2) is 10.8 Å². The number of furan rings is 1. The van der Waals surface area contributed by atoms with E-state index >= 15 is 0 Å². The molecule has 0 saturated carbocycles. The van der Waals surface area contributed by atoms with Crippen molar-refractivity contribution < 1.29 is 9.21 Å². The highest BCUT2D eigenvalue weighted by molar-refractivity contribution is 6.07. The third-order valence-electron chi connectivity index (χ3n) is 1.63. The quantitative estimate of drug-likeness (QED) is 0.683. The number of aromatic nitrogens is 1. The Morgan fingerprint density at radius 3 is 2.92 bits per heavy atom. The summed E-state index contributed by atoms with van der Waals surface area (Å²) in [6, 6.07) is 5.16. The molecule has 2 aromatic rings. The largest absolute Gasteiger partial charge is 0.472 e. The fraction of sp³-hybridized carbons (Fsp3) is 0. The first-order valence-electron chi connectivity index (χ1n) is 3.58. The zero-order valence-corrected chi connectivity index (χ0v) is 6.28. The average Bonchev–Trinajstić information content (AvgIpc) is 2.77. The van der Waals surface area contributed by atoms with Crippen LogP contribution in [0.3, 0.4) is 0 Å². The van der Waals surface area contributed by atoms with Crippen molar-refractivity contribution in [2.45, 2.75) is 0 Å². The minimum absolute atomic E-state index is 0.0475. The predicted molar refractivity (Wildman–Crippen MR) is 42.9 cm³/mol. The second kappa shape index (κ2) is 2.70. The summed E-state index contributed by atoms with van der Waals surface area (Å²) in [6.07, 6.45) is 4.63. The number of rotatable bonds is 2. The van der Waals surface area contributed by atoms with Crippen LogP contribution in [-0.2, 0) is 0 Å². The molecule has 0 aliphatic rings. The van der Waals surface area contributed by atoms with Gasteiger partial charge in [0.2, 0.25) is 5.78 Å². The maximum Gasteiger partial charge on any atom is 0.212 e. The molecule has 2 aromatic heterocycles. The predicted octanol–water partition coefficient (Wildman–Crippen LogP) is 1.84. The van der Waals surface area contributed by atoms with Crippen LogP contribution in [0.4, 0.5) is 0 Å². The Bertz CT molecular complexity index is 323. The van der Waals surface area contributed by atoms with Gasteiger partial charge in [0.1, 0.15) is 6.26 Å². The van der Waals surface area contributed by atoms with Crippen LogP contribution in [0.1, 0.15) is 16.1 Å². The van der Waals surface area contributed by atoms with Crippen molar-refractivity contribution in [3.63, 3.8) is 0 Å². The maximum atomic E-state index is 11.5. The van der Waals surface area contributed by atoms with Gasteiger partial charge in [0.25, 0.3) is 0 Å². The van der Waals surface area contributed by atoms with E-state index in [9.17, 15) is 4.79 Å². The van der Waals surface area contributed by atoms with Gasteiger partial charge in [0.15, 0.2) is 0 Å². The van der Waals surface area contributed by atoms with E-state index in [0.29, 0.717) is 11.3 Å². The maximum absolute atomic E-state index is 11.5. The van der Waals surface area contributed by atoms with Crippen LogP contribution in [0.25, 0.3) is 0 Å². The number of ketones is 1. The Labute approximate surface area is 69.0 Å². The second-order valence-electron chi connectivity index (χ2n) is 2.42. The van der Waals surface area contributed by atoms with E-state index in [2.05, 4.69) is 4.98 Å². The molecule has 0 radical (unpaired) electrons. The van der Waals surface area contributed by atoms with Gasteiger partial charge in [-0.3, -0.25) is 4.79 Å². The zero-order valence-electron chi connectivity index (χ0n) is 6.28. The van der Waals surface area contributed by atoms with Crippen LogP contribution in [0.2, 0.25) is 0 Å². The molecule has 0 fully saturated rings. The van der Waals surface area contributed by atoms with Crippen molar-refractivity contribution in [1.82, 2.24) is 4.98 Å². The van der Waals surface area contributed by atoms with Crippen LogP contribution < -0.4 is 0 Å². The molecule has 1 N–H and O–H groups in total. The first-order chi connectivity index (χ1) is 5.88. The molecule has 0 atom stereocenters. The molecule has 2 heterocycles. The Morgan fingerprint density at radius 1 is 1.42 bits per heavy atom. The molecule has 2 rings (SSSR count). The van der Waals surface area contributed by atoms with Gasteiger partial charge in [0.05, 0.1) is 17.5 Å². The Balaban J connectivity index is 2.34. The van der Waals surface area contributed by atoms with Crippen molar-refractivity contribution >= 4 is 5.78 Å². The van der Waals surface area contributed by atoms with Gasteiger partial charge in [0, 0.05) is 6.20 Å². The summed E-state index contributed by atoms with van der Waals surface area (Å²) in [5, 5.41) is 0. The molecule has 0 bridgehead atoms. The van der Waals surface area contributed by atoms with Gasteiger partial charge in [-0.2, -0.15) is 0 Å². The fourth-order valence-electron chi connectivity index (χ4n) is 1.02. The van der Waals surface area contributed by atoms with Crippen LogP contribution in [0.5, 0.6) is 0 Å². The molecule has 0 aromatic carbocycles. The van der Waals surface area contributed by atoms with Crippen molar-refractivity contribution in [2.24, 2.45) is 0 Å². The van der Waals surface area contributed by atoms with Crippen molar-refractivity contribution in [3.8, 4) is 0 Å². The van der Waals surface area contributed by atoms with Crippen molar-refractivity contribution in [3.05, 3.63) is 48.2 Å². The average molecular weight is 161 g/mol. The molecule has 3 heteroatoms. The van der Waals surface area contributed by atoms with Crippen molar-refractivity contribution in [1.29, 1.82) is 0 Å². The summed E-state index contributed by atoms with van der Waals surface area (Å²) < 4.78 is 4.80. The van der Waals surface area contributed by atoms with E-state index in [4.69, 9.17) is 4.42 Å². The topological polar surface area (TPSA) is 46.0 Å². The van der Waals surface area contributed by atoms with Crippen LogP contribution in [0, 0.1) is 0 Å². The number of carbonyl (C=O) groups excluding carboxylic acids is 1. The normalized spacial score (nSPS) is 10.0. The number of hydrogen-bond acceptors (Lipinski definition) is 2. The van der Waals surface area contributed by atoms with Gasteiger partial charge >= 0.3 is 0 Å². The molecule has 0 aliphatic heterocycles. The lowest BCUT2D eigenvalue weighted by molar-refractivity contribution is 0.103. The van der Waals surface area contributed by atoms with E-state index in [0.717, 1.165) is 0 Å². The number of aromatic amines is 1. The second-order valence-corrected chi connectivity index (χ2v) is 2.42. The van der Waals surface area contributed by atoms with E-state index in [1.807, 2.05) is 0 Å². The number of carbonyl (C=O) groups is 1. The number of H-pyrrole nitrogens is 1. The number of nitrogens with one attached hydrogen (secondary N) is 1. The summed E-state index contributed by atoms with van der Waals surface area (Å²) in [5.74, 6) is -0.0475. The Hall–Kier alpha value is -1.77. The third kappa shape index (κ3) is 1.05. The molecule has 0 aliphatic carbocycles. The molecular formula is C9H7NO2. The van der Waals surface area contributed by atoms with E-state index in [1.54, 1.807) is 24.4 Å². The fourth-order valence-corrected chi connectivity index (χ4v) is 1.02. The van der Waals surface area contributed by atoms with Gasteiger partial charge < -0.3 is 9.40 Å². The SMILES string of the molecule is O=C(c1ccoc1)c1ccc[nH]1. The van der Waals surface area contributed by atoms with E-state index < -0.39 is 0 Å². The van der Waals surface area contributed by atoms with Crippen LogP contribution in [0.15, 0.2) is 41.3 Å². The van der Waals surface area contributed by atoms with Gasteiger partial charge in [-0.15, -0.1) is 0 Å². The first-order valence-corrected chi connectivity index (χ1v) is 3.58. The van der Waals surface area contributed by atoms with Gasteiger partial charge in [-0.25, -0.2) is 0 Å². The lowest BCUT2D eigenvalue weighted by atomic mass is 10.2. The molecule has 0 spiro atoms. The Kier molecular flexibility index (Phi) is 1.55. The van der Waals surface area contributed by atoms with E-state index in [1.165, 1.54) is 12.5 Å². The summed E-state index contributed by atoms with van der Waals surface area (Å²) >= 11 is 0. The first kappa shape index (κ1) is 6.91. The van der Waals surface area contributed by atoms with E-state index in [-0.39, 0.29) is 5.78 Å². The molecular weight excluding hydrogens is 154 g/mol. The van der Waals surface area contributed by atoms with Gasteiger partial charge in [-0.1, -0.05) is 0 Å². The smallest absolute Gasteiger partial charge is 0.212 e. The number of hydrogen-bond donors (Lipinski definition) is 1. The van der Waals surface area contributed by atoms with Crippen LogP contribution >= 0.6 is 0 Å². The molecule has 0 amide bonds. The minimum Gasteiger partial charge on any atom is -0.472 e. The third-order valence-corrected chi connectivity index (χ3v) is 1.63. The van der Waals surface area contributed by atoms with Crippen molar-refractivity contribution in [2.75, 3.05) is 0 Å². The summed E-state index contributed by atoms with van der Waals surface area (Å²) in [4.78, 5) is 14.3. The highest BCUT2D eigenvalue weighted by Crippen LogP contribution is 2.07. The lowest BCUT2D eigenvalue weighted by Crippen LogP contribution is -1.98. The monoisotopic (exact) mass is 161 g/mol. The summed E-state index contributed by atoms with van der Waals surface area (Å²) in [5.41, 5.74) is 1.15. The standard InChI is InChI=1S/C9H7NO2/c11-9(7-3-5-12-6-7)8-2-1-4-10-8/h1-6,10H. The summed E-state index contributed by atoms with van der Waals surface area (Å²) in [6.45, 7) is 0. The molecule has 0 unspecified atom stereocenters. The molecule has 12 heavy (non-hydrogen) atoms. The summed E-state index contributed by atoms with van der Waals surface area (Å²) in [7, 11) is 0. The molecule has 0 saturated heterocycles. The van der Waals surface area contributed by atoms with Gasteiger partial charge in [-0.05, 0) is 18.2 Å². The molecule has 3 nitrogen and oxygen atoms in total. The minimum atomic E-state index is -0.0475. The highest BCUT2D eigenvalue weighted by Gasteiger charge is 2.09. The Morgan fingerprint density at radius 2 is 2.33 bits per heavy atom.